The van der Waals surface area contributed by atoms with Gasteiger partial charge in [-0.2, -0.15) is 0 Å². The molecule has 0 unspecified atom stereocenters. The summed E-state index contributed by atoms with van der Waals surface area (Å²) in [7, 11) is 0. The van der Waals surface area contributed by atoms with Gasteiger partial charge in [-0.25, -0.2) is 0 Å². The number of hydrogen-bond acceptors (Lipinski definition) is 2. The van der Waals surface area contributed by atoms with Crippen LogP contribution in [0, 0.1) is 3.57 Å². The van der Waals surface area contributed by atoms with Gasteiger partial charge in [0, 0.05) is 9.13 Å². The van der Waals surface area contributed by atoms with Gasteiger partial charge in [-0.1, -0.05) is 18.2 Å². The minimum absolute atomic E-state index is 0.623. The van der Waals surface area contributed by atoms with Crippen LogP contribution in [-0.2, 0) is 0 Å². The lowest BCUT2D eigenvalue weighted by Crippen LogP contribution is -2.27. The van der Waals surface area contributed by atoms with E-state index in [0.717, 1.165) is 28.5 Å². The van der Waals surface area contributed by atoms with Crippen LogP contribution >= 0.6 is 22.6 Å². The SMILES string of the molecule is O=Cc1cccc(C2CCNCC2)c1I. The van der Waals surface area contributed by atoms with Gasteiger partial charge in [0.25, 0.3) is 0 Å². The molecule has 15 heavy (non-hydrogen) atoms. The van der Waals surface area contributed by atoms with Crippen LogP contribution in [0.15, 0.2) is 18.2 Å². The first kappa shape index (κ1) is 11.1. The van der Waals surface area contributed by atoms with Gasteiger partial charge in [0.2, 0.25) is 0 Å². The highest BCUT2D eigenvalue weighted by Crippen LogP contribution is 2.30. The van der Waals surface area contributed by atoms with E-state index in [2.05, 4.69) is 34.0 Å². The fourth-order valence-electron chi connectivity index (χ4n) is 2.11. The number of nitrogens with one attached hydrogen (secondary N) is 1. The Morgan fingerprint density at radius 2 is 2.07 bits per heavy atom. The number of piperidine rings is 1. The van der Waals surface area contributed by atoms with E-state index in [9.17, 15) is 4.79 Å². The molecule has 1 saturated heterocycles. The number of aldehydes is 1. The molecule has 0 saturated carbocycles. The predicted octanol–water partition coefficient (Wildman–Crippen LogP) is 2.57. The molecule has 1 aliphatic heterocycles. The van der Waals surface area contributed by atoms with Gasteiger partial charge in [0.05, 0.1) is 0 Å². The van der Waals surface area contributed by atoms with Crippen LogP contribution in [-0.4, -0.2) is 19.4 Å². The van der Waals surface area contributed by atoms with E-state index in [1.54, 1.807) is 0 Å². The highest BCUT2D eigenvalue weighted by atomic mass is 127. The van der Waals surface area contributed by atoms with Crippen LogP contribution in [0.3, 0.4) is 0 Å². The summed E-state index contributed by atoms with van der Waals surface area (Å²) in [6.07, 6.45) is 3.31. The molecule has 1 N–H and O–H groups in total. The van der Waals surface area contributed by atoms with E-state index < -0.39 is 0 Å². The first-order valence-electron chi connectivity index (χ1n) is 5.27. The van der Waals surface area contributed by atoms with E-state index >= 15 is 0 Å². The van der Waals surface area contributed by atoms with Crippen molar-refractivity contribution < 1.29 is 4.79 Å². The molecule has 1 fully saturated rings. The quantitative estimate of drug-likeness (QED) is 0.671. The first-order chi connectivity index (χ1) is 7.33. The zero-order valence-corrected chi connectivity index (χ0v) is 10.7. The summed E-state index contributed by atoms with van der Waals surface area (Å²) in [5.41, 5.74) is 2.17. The Kier molecular flexibility index (Phi) is 3.75. The molecule has 0 bridgehead atoms. The molecule has 0 atom stereocenters. The molecule has 0 amide bonds. The fraction of sp³-hybridized carbons (Fsp3) is 0.417. The van der Waals surface area contributed by atoms with Gasteiger partial charge in [0.1, 0.15) is 0 Å². The van der Waals surface area contributed by atoms with Crippen LogP contribution in [0.2, 0.25) is 0 Å². The van der Waals surface area contributed by atoms with Crippen LogP contribution < -0.4 is 5.32 Å². The van der Waals surface area contributed by atoms with Crippen LogP contribution in [0.25, 0.3) is 0 Å². The molecule has 3 heteroatoms. The third-order valence-electron chi connectivity index (χ3n) is 2.96. The number of benzene rings is 1. The molecular weight excluding hydrogens is 301 g/mol. The second kappa shape index (κ2) is 5.07. The lowest BCUT2D eigenvalue weighted by molar-refractivity contribution is 0.112. The lowest BCUT2D eigenvalue weighted by Gasteiger charge is -2.24. The van der Waals surface area contributed by atoms with E-state index in [0.29, 0.717) is 5.92 Å². The molecule has 0 spiro atoms. The van der Waals surface area contributed by atoms with Crippen molar-refractivity contribution in [3.63, 3.8) is 0 Å². The predicted molar refractivity (Wildman–Crippen MR) is 69.4 cm³/mol. The van der Waals surface area contributed by atoms with Crippen molar-refractivity contribution in [1.29, 1.82) is 0 Å². The summed E-state index contributed by atoms with van der Waals surface area (Å²) in [5, 5.41) is 3.36. The number of rotatable bonds is 2. The zero-order valence-electron chi connectivity index (χ0n) is 8.50. The van der Waals surface area contributed by atoms with Crippen LogP contribution in [0.4, 0.5) is 0 Å². The summed E-state index contributed by atoms with van der Waals surface area (Å²) in [5.74, 6) is 0.623. The second-order valence-corrected chi connectivity index (χ2v) is 4.97. The van der Waals surface area contributed by atoms with Crippen molar-refractivity contribution in [2.24, 2.45) is 0 Å². The topological polar surface area (TPSA) is 29.1 Å². The summed E-state index contributed by atoms with van der Waals surface area (Å²) in [6.45, 7) is 2.18. The summed E-state index contributed by atoms with van der Waals surface area (Å²) >= 11 is 2.29. The Morgan fingerprint density at radius 1 is 1.33 bits per heavy atom. The maximum absolute atomic E-state index is 10.8. The standard InChI is InChI=1S/C12H14INO/c13-12-10(8-15)2-1-3-11(12)9-4-6-14-7-5-9/h1-3,8-9,14H,4-7H2. The van der Waals surface area contributed by atoms with E-state index in [1.807, 2.05) is 12.1 Å². The Balaban J connectivity index is 2.30. The molecule has 1 heterocycles. The van der Waals surface area contributed by atoms with Crippen molar-refractivity contribution >= 4 is 28.9 Å². The molecule has 2 nitrogen and oxygen atoms in total. The zero-order chi connectivity index (χ0) is 10.7. The van der Waals surface area contributed by atoms with Gasteiger partial charge in [0.15, 0.2) is 6.29 Å². The Hall–Kier alpha value is -0.420. The molecule has 1 aliphatic rings. The number of carbonyl (C=O) groups excluding carboxylic acids is 1. The highest BCUT2D eigenvalue weighted by Gasteiger charge is 2.18. The minimum Gasteiger partial charge on any atom is -0.317 e. The lowest BCUT2D eigenvalue weighted by atomic mass is 9.89. The van der Waals surface area contributed by atoms with Gasteiger partial charge >= 0.3 is 0 Å². The Bertz CT molecular complexity index is 359. The summed E-state index contributed by atoms with van der Waals surface area (Å²) < 4.78 is 1.14. The van der Waals surface area contributed by atoms with Crippen molar-refractivity contribution in [2.75, 3.05) is 13.1 Å². The average Bonchev–Trinajstić information content (AvgIpc) is 2.30. The molecule has 2 rings (SSSR count). The highest BCUT2D eigenvalue weighted by molar-refractivity contribution is 14.1. The van der Waals surface area contributed by atoms with Crippen molar-refractivity contribution in [1.82, 2.24) is 5.32 Å². The normalized spacial score (nSPS) is 17.7. The van der Waals surface area contributed by atoms with Gasteiger partial charge in [-0.3, -0.25) is 4.79 Å². The van der Waals surface area contributed by atoms with E-state index in [4.69, 9.17) is 0 Å². The van der Waals surface area contributed by atoms with Crippen molar-refractivity contribution in [3.8, 4) is 0 Å². The van der Waals surface area contributed by atoms with E-state index in [1.165, 1.54) is 18.4 Å². The Morgan fingerprint density at radius 3 is 2.73 bits per heavy atom. The van der Waals surface area contributed by atoms with Gasteiger partial charge < -0.3 is 5.32 Å². The molecule has 80 valence electrons. The largest absolute Gasteiger partial charge is 0.317 e. The number of halogens is 1. The molecule has 0 aliphatic carbocycles. The molecule has 1 aromatic rings. The molecular formula is C12H14INO. The maximum Gasteiger partial charge on any atom is 0.151 e. The smallest absolute Gasteiger partial charge is 0.151 e. The van der Waals surface area contributed by atoms with E-state index in [-0.39, 0.29) is 0 Å². The van der Waals surface area contributed by atoms with Crippen molar-refractivity contribution in [2.45, 2.75) is 18.8 Å². The van der Waals surface area contributed by atoms with Crippen LogP contribution in [0.5, 0.6) is 0 Å². The van der Waals surface area contributed by atoms with Crippen LogP contribution in [0.1, 0.15) is 34.7 Å². The monoisotopic (exact) mass is 315 g/mol. The second-order valence-electron chi connectivity index (χ2n) is 3.89. The summed E-state index contributed by atoms with van der Waals surface area (Å²) in [4.78, 5) is 10.8. The third kappa shape index (κ3) is 2.39. The average molecular weight is 315 g/mol. The number of carbonyl (C=O) groups is 1. The summed E-state index contributed by atoms with van der Waals surface area (Å²) in [6, 6.07) is 6.04. The minimum atomic E-state index is 0.623. The number of hydrogen-bond donors (Lipinski definition) is 1. The molecule has 0 radical (unpaired) electrons. The van der Waals surface area contributed by atoms with Gasteiger partial charge in [-0.15, -0.1) is 0 Å². The third-order valence-corrected chi connectivity index (χ3v) is 4.21. The molecule has 0 aromatic heterocycles. The maximum atomic E-state index is 10.8. The van der Waals surface area contributed by atoms with Gasteiger partial charge in [-0.05, 0) is 60.0 Å². The first-order valence-corrected chi connectivity index (χ1v) is 6.35. The fourth-order valence-corrected chi connectivity index (χ4v) is 3.03. The van der Waals surface area contributed by atoms with Crippen molar-refractivity contribution in [3.05, 3.63) is 32.9 Å². The Labute approximate surface area is 104 Å². The molecule has 1 aromatic carbocycles.